The van der Waals surface area contributed by atoms with Gasteiger partial charge in [-0.25, -0.2) is 0 Å². The third-order valence-electron chi connectivity index (χ3n) is 6.48. The Hall–Kier alpha value is -0.300. The summed E-state index contributed by atoms with van der Waals surface area (Å²) >= 11 is 3.90. The second-order valence-corrected chi connectivity index (χ2v) is 8.12. The van der Waals surface area contributed by atoms with E-state index in [1.54, 1.807) is 17.5 Å². The molecule has 20 heavy (non-hydrogen) atoms. The van der Waals surface area contributed by atoms with Crippen molar-refractivity contribution < 1.29 is 0 Å². The van der Waals surface area contributed by atoms with Gasteiger partial charge in [-0.15, -0.1) is 0 Å². The predicted octanol–water partition coefficient (Wildman–Crippen LogP) is 5.48. The number of hydrogen-bond acceptors (Lipinski definition) is 0. The predicted molar refractivity (Wildman–Crippen MR) is 88.4 cm³/mol. The second-order valence-electron chi connectivity index (χ2n) is 7.56. The molecule has 0 saturated heterocycles. The van der Waals surface area contributed by atoms with Crippen LogP contribution in [0.5, 0.6) is 0 Å². The van der Waals surface area contributed by atoms with Gasteiger partial charge in [-0.1, -0.05) is 46.6 Å². The van der Waals surface area contributed by atoms with E-state index in [0.29, 0.717) is 5.41 Å². The number of aryl methyl sites for hydroxylation is 1. The fourth-order valence-corrected chi connectivity index (χ4v) is 6.35. The maximum Gasteiger partial charge on any atom is 0.0129 e. The summed E-state index contributed by atoms with van der Waals surface area (Å²) in [5, 5.41) is 1.16. The molecule has 0 spiro atoms. The Morgan fingerprint density at radius 3 is 2.80 bits per heavy atom. The average molecular weight is 333 g/mol. The minimum Gasteiger partial charge on any atom is -0.0918 e. The lowest BCUT2D eigenvalue weighted by Crippen LogP contribution is -2.36. The van der Waals surface area contributed by atoms with E-state index in [2.05, 4.69) is 40.2 Å². The fraction of sp³-hybridized carbons (Fsp3) is 0.684. The van der Waals surface area contributed by atoms with E-state index in [1.165, 1.54) is 44.9 Å². The minimum atomic E-state index is 0.435. The molecule has 0 amide bonds. The molecule has 2 saturated carbocycles. The Morgan fingerprint density at radius 2 is 2.05 bits per heavy atom. The standard InChI is InChI=1S/C19H25Br/c20-13-19(12-17-11-14-7-8-16(17)10-14)9-3-5-15-4-1-2-6-18(15)19/h1-2,4,6,14,16-17H,3,5,7-13H2. The second kappa shape index (κ2) is 5.16. The van der Waals surface area contributed by atoms with Crippen LogP contribution in [0.4, 0.5) is 0 Å². The molecular weight excluding hydrogens is 308 g/mol. The average Bonchev–Trinajstić information content (AvgIpc) is 3.10. The summed E-state index contributed by atoms with van der Waals surface area (Å²) < 4.78 is 0. The normalized spacial score (nSPS) is 39.0. The topological polar surface area (TPSA) is 0 Å². The van der Waals surface area contributed by atoms with Crippen LogP contribution < -0.4 is 0 Å². The molecule has 0 aliphatic heterocycles. The van der Waals surface area contributed by atoms with E-state index in [4.69, 9.17) is 0 Å². The molecule has 2 bridgehead atoms. The molecule has 0 heterocycles. The number of fused-ring (bicyclic) bond motifs is 3. The van der Waals surface area contributed by atoms with Gasteiger partial charge in [0.25, 0.3) is 0 Å². The van der Waals surface area contributed by atoms with E-state index < -0.39 is 0 Å². The molecular formula is C19H25Br. The van der Waals surface area contributed by atoms with E-state index in [9.17, 15) is 0 Å². The molecule has 4 rings (SSSR count). The number of halogens is 1. The Morgan fingerprint density at radius 1 is 1.15 bits per heavy atom. The van der Waals surface area contributed by atoms with E-state index in [1.807, 2.05) is 0 Å². The van der Waals surface area contributed by atoms with E-state index >= 15 is 0 Å². The van der Waals surface area contributed by atoms with Crippen molar-refractivity contribution in [2.75, 3.05) is 5.33 Å². The summed E-state index contributed by atoms with van der Waals surface area (Å²) in [7, 11) is 0. The van der Waals surface area contributed by atoms with Crippen LogP contribution in [0.15, 0.2) is 24.3 Å². The number of benzene rings is 1. The first kappa shape index (κ1) is 13.4. The maximum absolute atomic E-state index is 3.90. The molecule has 4 unspecified atom stereocenters. The van der Waals surface area contributed by atoms with Gasteiger partial charge in [0.2, 0.25) is 0 Å². The van der Waals surface area contributed by atoms with Crippen molar-refractivity contribution in [3.8, 4) is 0 Å². The van der Waals surface area contributed by atoms with Crippen molar-refractivity contribution in [1.29, 1.82) is 0 Å². The Bertz CT molecular complexity index is 494. The van der Waals surface area contributed by atoms with Crippen molar-refractivity contribution in [2.24, 2.45) is 17.8 Å². The molecule has 2 fully saturated rings. The van der Waals surface area contributed by atoms with Gasteiger partial charge in [0.15, 0.2) is 0 Å². The minimum absolute atomic E-state index is 0.435. The molecule has 3 aliphatic carbocycles. The van der Waals surface area contributed by atoms with Gasteiger partial charge in [0.1, 0.15) is 0 Å². The van der Waals surface area contributed by atoms with Crippen LogP contribution in [0.1, 0.15) is 56.1 Å². The SMILES string of the molecule is BrCC1(CC2CC3CCC2C3)CCCc2ccccc21. The molecule has 1 aromatic rings. The lowest BCUT2D eigenvalue weighted by atomic mass is 9.65. The molecule has 0 aromatic heterocycles. The third kappa shape index (κ3) is 2.08. The Kier molecular flexibility index (Phi) is 3.45. The van der Waals surface area contributed by atoms with E-state index in [0.717, 1.165) is 23.1 Å². The highest BCUT2D eigenvalue weighted by molar-refractivity contribution is 9.09. The van der Waals surface area contributed by atoms with Crippen LogP contribution in [0.3, 0.4) is 0 Å². The lowest BCUT2D eigenvalue weighted by molar-refractivity contribution is 0.235. The van der Waals surface area contributed by atoms with Gasteiger partial charge >= 0.3 is 0 Å². The number of rotatable bonds is 3. The summed E-state index contributed by atoms with van der Waals surface area (Å²) in [5.41, 5.74) is 3.73. The largest absolute Gasteiger partial charge is 0.0918 e. The maximum atomic E-state index is 3.90. The van der Waals surface area contributed by atoms with Crippen molar-refractivity contribution in [3.05, 3.63) is 35.4 Å². The number of hydrogen-bond donors (Lipinski definition) is 0. The van der Waals surface area contributed by atoms with Crippen molar-refractivity contribution >= 4 is 15.9 Å². The quantitative estimate of drug-likeness (QED) is 0.642. The first-order valence-corrected chi connectivity index (χ1v) is 9.57. The zero-order valence-corrected chi connectivity index (χ0v) is 13.9. The van der Waals surface area contributed by atoms with Crippen LogP contribution in [-0.2, 0) is 11.8 Å². The number of alkyl halides is 1. The Labute approximate surface area is 131 Å². The molecule has 1 heteroatoms. The summed E-state index contributed by atoms with van der Waals surface area (Å²) in [6.07, 6.45) is 11.6. The van der Waals surface area contributed by atoms with Crippen molar-refractivity contribution in [2.45, 2.75) is 56.8 Å². The zero-order valence-electron chi connectivity index (χ0n) is 12.3. The summed E-state index contributed by atoms with van der Waals surface area (Å²) in [6.45, 7) is 0. The van der Waals surface area contributed by atoms with Crippen molar-refractivity contribution in [3.63, 3.8) is 0 Å². The molecule has 0 nitrogen and oxygen atoms in total. The van der Waals surface area contributed by atoms with Crippen LogP contribution in [0.25, 0.3) is 0 Å². The van der Waals surface area contributed by atoms with Gasteiger partial charge in [-0.3, -0.25) is 0 Å². The molecule has 0 radical (unpaired) electrons. The van der Waals surface area contributed by atoms with Gasteiger partial charge in [-0.2, -0.15) is 0 Å². The summed E-state index contributed by atoms with van der Waals surface area (Å²) in [5.74, 6) is 3.15. The molecule has 4 atom stereocenters. The first-order valence-electron chi connectivity index (χ1n) is 8.45. The molecule has 3 aliphatic rings. The van der Waals surface area contributed by atoms with Gasteiger partial charge in [0.05, 0.1) is 0 Å². The highest BCUT2D eigenvalue weighted by atomic mass is 79.9. The molecule has 108 valence electrons. The van der Waals surface area contributed by atoms with Crippen molar-refractivity contribution in [1.82, 2.24) is 0 Å². The lowest BCUT2D eigenvalue weighted by Gasteiger charge is -2.41. The van der Waals surface area contributed by atoms with Gasteiger partial charge in [-0.05, 0) is 73.8 Å². The van der Waals surface area contributed by atoms with Crippen LogP contribution >= 0.6 is 15.9 Å². The van der Waals surface area contributed by atoms with Gasteiger partial charge < -0.3 is 0 Å². The summed E-state index contributed by atoms with van der Waals surface area (Å²) in [4.78, 5) is 0. The fourth-order valence-electron chi connectivity index (χ4n) is 5.54. The highest BCUT2D eigenvalue weighted by Gasteiger charge is 2.45. The molecule has 0 N–H and O–H groups in total. The van der Waals surface area contributed by atoms with Gasteiger partial charge in [0, 0.05) is 10.7 Å². The molecule has 1 aromatic carbocycles. The smallest absolute Gasteiger partial charge is 0.0129 e. The third-order valence-corrected chi connectivity index (χ3v) is 7.56. The van der Waals surface area contributed by atoms with E-state index in [-0.39, 0.29) is 0 Å². The highest BCUT2D eigenvalue weighted by Crippen LogP contribution is 2.54. The van der Waals surface area contributed by atoms with Crippen LogP contribution in [0, 0.1) is 17.8 Å². The van der Waals surface area contributed by atoms with Crippen LogP contribution in [0.2, 0.25) is 0 Å². The van der Waals surface area contributed by atoms with Crippen LogP contribution in [-0.4, -0.2) is 5.33 Å². The first-order chi connectivity index (χ1) is 9.81. The zero-order chi connectivity index (χ0) is 13.6. The monoisotopic (exact) mass is 332 g/mol. The summed E-state index contributed by atoms with van der Waals surface area (Å²) in [6, 6.07) is 9.26. The Balaban J connectivity index is 1.64.